The van der Waals surface area contributed by atoms with Crippen molar-refractivity contribution in [3.05, 3.63) is 64.8 Å². The number of para-hydroxylation sites is 1. The zero-order chi connectivity index (χ0) is 17.8. The Bertz CT molecular complexity index is 869. The lowest BCUT2D eigenvalue weighted by atomic mass is 10.1. The van der Waals surface area contributed by atoms with Gasteiger partial charge in [0.15, 0.2) is 5.82 Å². The molecule has 3 rings (SSSR count). The van der Waals surface area contributed by atoms with Gasteiger partial charge in [0.05, 0.1) is 6.20 Å². The summed E-state index contributed by atoms with van der Waals surface area (Å²) >= 11 is 0. The lowest BCUT2D eigenvalue weighted by molar-refractivity contribution is 0.980. The Morgan fingerprint density at radius 3 is 2.44 bits per heavy atom. The molecule has 25 heavy (non-hydrogen) atoms. The highest BCUT2D eigenvalue weighted by Crippen LogP contribution is 2.25. The van der Waals surface area contributed by atoms with E-state index in [0.717, 1.165) is 17.8 Å². The first-order valence-corrected chi connectivity index (χ1v) is 8.45. The van der Waals surface area contributed by atoms with Gasteiger partial charge < -0.3 is 10.6 Å². The second kappa shape index (κ2) is 7.30. The number of anilines is 4. The van der Waals surface area contributed by atoms with Crippen LogP contribution in [0.15, 0.2) is 42.6 Å². The minimum absolute atomic E-state index is 0.474. The SMILES string of the molecule is CCc1cccc(C)c1Nc1cnnc(Nc2cc(C)cc(C)c2)n1. The summed E-state index contributed by atoms with van der Waals surface area (Å²) in [6.07, 6.45) is 2.59. The number of aromatic nitrogens is 3. The largest absolute Gasteiger partial charge is 0.338 e. The normalized spacial score (nSPS) is 10.6. The van der Waals surface area contributed by atoms with Gasteiger partial charge in [-0.05, 0) is 61.6 Å². The minimum atomic E-state index is 0.474. The van der Waals surface area contributed by atoms with Gasteiger partial charge in [-0.3, -0.25) is 0 Å². The summed E-state index contributed by atoms with van der Waals surface area (Å²) in [6, 6.07) is 12.5. The van der Waals surface area contributed by atoms with Gasteiger partial charge in [0.1, 0.15) is 0 Å². The van der Waals surface area contributed by atoms with E-state index in [4.69, 9.17) is 0 Å². The number of hydrogen-bond acceptors (Lipinski definition) is 5. The molecule has 0 aliphatic carbocycles. The van der Waals surface area contributed by atoms with Crippen molar-refractivity contribution in [1.82, 2.24) is 15.2 Å². The van der Waals surface area contributed by atoms with E-state index < -0.39 is 0 Å². The molecule has 0 atom stereocenters. The van der Waals surface area contributed by atoms with Crippen LogP contribution < -0.4 is 10.6 Å². The molecule has 0 saturated heterocycles. The van der Waals surface area contributed by atoms with Gasteiger partial charge in [-0.1, -0.05) is 31.2 Å². The molecule has 2 aromatic carbocycles. The molecule has 0 spiro atoms. The summed E-state index contributed by atoms with van der Waals surface area (Å²) in [7, 11) is 0. The fraction of sp³-hybridized carbons (Fsp3) is 0.250. The van der Waals surface area contributed by atoms with E-state index in [1.165, 1.54) is 22.3 Å². The van der Waals surface area contributed by atoms with E-state index >= 15 is 0 Å². The second-order valence-electron chi connectivity index (χ2n) is 6.25. The van der Waals surface area contributed by atoms with Gasteiger partial charge >= 0.3 is 0 Å². The van der Waals surface area contributed by atoms with Crippen LogP contribution in [0.5, 0.6) is 0 Å². The van der Waals surface area contributed by atoms with Crippen LogP contribution in [0, 0.1) is 20.8 Å². The van der Waals surface area contributed by atoms with Crippen LogP contribution in [0.1, 0.15) is 29.2 Å². The van der Waals surface area contributed by atoms with Crippen molar-refractivity contribution in [2.24, 2.45) is 0 Å². The first-order chi connectivity index (χ1) is 12.0. The molecule has 1 heterocycles. The topological polar surface area (TPSA) is 62.7 Å². The predicted octanol–water partition coefficient (Wildman–Crippen LogP) is 4.85. The molecule has 128 valence electrons. The van der Waals surface area contributed by atoms with Crippen LogP contribution in [-0.2, 0) is 6.42 Å². The summed E-state index contributed by atoms with van der Waals surface area (Å²) in [4.78, 5) is 4.54. The maximum absolute atomic E-state index is 4.54. The summed E-state index contributed by atoms with van der Waals surface area (Å²) in [5.74, 6) is 1.15. The number of aryl methyl sites for hydroxylation is 4. The molecule has 2 N–H and O–H groups in total. The number of nitrogens with zero attached hydrogens (tertiary/aromatic N) is 3. The van der Waals surface area contributed by atoms with Crippen molar-refractivity contribution in [2.45, 2.75) is 34.1 Å². The van der Waals surface area contributed by atoms with Crippen LogP contribution in [0.4, 0.5) is 23.1 Å². The monoisotopic (exact) mass is 333 g/mol. The van der Waals surface area contributed by atoms with E-state index in [9.17, 15) is 0 Å². The molecule has 0 radical (unpaired) electrons. The molecule has 0 saturated carbocycles. The average molecular weight is 333 g/mol. The highest BCUT2D eigenvalue weighted by molar-refractivity contribution is 5.65. The van der Waals surface area contributed by atoms with Crippen LogP contribution >= 0.6 is 0 Å². The quantitative estimate of drug-likeness (QED) is 0.699. The lowest BCUT2D eigenvalue weighted by Gasteiger charge is -2.13. The molecular weight excluding hydrogens is 310 g/mol. The Labute approximate surface area is 148 Å². The molecule has 3 aromatic rings. The smallest absolute Gasteiger partial charge is 0.249 e. The maximum atomic E-state index is 4.54. The Hall–Kier alpha value is -2.95. The van der Waals surface area contributed by atoms with E-state index in [0.29, 0.717) is 11.8 Å². The Morgan fingerprint density at radius 2 is 1.72 bits per heavy atom. The zero-order valence-corrected chi connectivity index (χ0v) is 15.1. The molecule has 0 bridgehead atoms. The van der Waals surface area contributed by atoms with E-state index in [1.54, 1.807) is 6.20 Å². The fourth-order valence-corrected chi connectivity index (χ4v) is 2.92. The Kier molecular flexibility index (Phi) is 4.93. The van der Waals surface area contributed by atoms with Crippen molar-refractivity contribution in [2.75, 3.05) is 10.6 Å². The molecule has 5 heteroatoms. The van der Waals surface area contributed by atoms with Crippen molar-refractivity contribution < 1.29 is 0 Å². The fourth-order valence-electron chi connectivity index (χ4n) is 2.92. The van der Waals surface area contributed by atoms with Gasteiger partial charge in [-0.25, -0.2) is 0 Å². The Balaban J connectivity index is 1.85. The van der Waals surface area contributed by atoms with Gasteiger partial charge in [0, 0.05) is 11.4 Å². The van der Waals surface area contributed by atoms with Crippen LogP contribution in [0.2, 0.25) is 0 Å². The maximum Gasteiger partial charge on any atom is 0.249 e. The summed E-state index contributed by atoms with van der Waals surface area (Å²) in [5, 5.41) is 14.8. The van der Waals surface area contributed by atoms with Crippen molar-refractivity contribution in [3.8, 4) is 0 Å². The minimum Gasteiger partial charge on any atom is -0.338 e. The molecule has 0 amide bonds. The molecule has 0 unspecified atom stereocenters. The van der Waals surface area contributed by atoms with Gasteiger partial charge in [0.25, 0.3) is 0 Å². The molecule has 0 fully saturated rings. The molecule has 5 nitrogen and oxygen atoms in total. The lowest BCUT2D eigenvalue weighted by Crippen LogP contribution is -2.04. The van der Waals surface area contributed by atoms with Crippen LogP contribution in [-0.4, -0.2) is 15.2 Å². The van der Waals surface area contributed by atoms with E-state index in [1.807, 2.05) is 0 Å². The highest BCUT2D eigenvalue weighted by atomic mass is 15.3. The molecule has 1 aromatic heterocycles. The standard InChI is InChI=1S/C20H23N5/c1-5-16-8-6-7-15(4)19(16)23-18-12-21-25-20(24-18)22-17-10-13(2)9-14(3)11-17/h6-12H,5H2,1-4H3,(H2,22,23,24,25). The Morgan fingerprint density at radius 1 is 0.960 bits per heavy atom. The van der Waals surface area contributed by atoms with Gasteiger partial charge in [-0.2, -0.15) is 10.1 Å². The number of hydrogen-bond donors (Lipinski definition) is 2. The highest BCUT2D eigenvalue weighted by Gasteiger charge is 2.07. The van der Waals surface area contributed by atoms with E-state index in [2.05, 4.69) is 89.9 Å². The third kappa shape index (κ3) is 4.12. The summed E-state index contributed by atoms with van der Waals surface area (Å²) in [6.45, 7) is 8.37. The molecule has 0 aliphatic heterocycles. The van der Waals surface area contributed by atoms with Crippen molar-refractivity contribution in [3.63, 3.8) is 0 Å². The molecular formula is C20H23N5. The number of nitrogens with one attached hydrogen (secondary N) is 2. The summed E-state index contributed by atoms with van der Waals surface area (Å²) < 4.78 is 0. The second-order valence-corrected chi connectivity index (χ2v) is 6.25. The van der Waals surface area contributed by atoms with Gasteiger partial charge in [-0.15, -0.1) is 5.10 Å². The predicted molar refractivity (Wildman–Crippen MR) is 103 cm³/mol. The summed E-state index contributed by atoms with van der Waals surface area (Å²) in [5.41, 5.74) is 6.86. The van der Waals surface area contributed by atoms with Gasteiger partial charge in [0.2, 0.25) is 5.95 Å². The third-order valence-electron chi connectivity index (χ3n) is 4.03. The third-order valence-corrected chi connectivity index (χ3v) is 4.03. The first-order valence-electron chi connectivity index (χ1n) is 8.45. The van der Waals surface area contributed by atoms with E-state index in [-0.39, 0.29) is 0 Å². The number of rotatable bonds is 5. The number of benzene rings is 2. The van der Waals surface area contributed by atoms with Crippen LogP contribution in [0.25, 0.3) is 0 Å². The first kappa shape index (κ1) is 16.9. The van der Waals surface area contributed by atoms with Crippen LogP contribution in [0.3, 0.4) is 0 Å². The van der Waals surface area contributed by atoms with Crippen molar-refractivity contribution >= 4 is 23.1 Å². The molecule has 0 aliphatic rings. The average Bonchev–Trinajstić information content (AvgIpc) is 2.56. The van der Waals surface area contributed by atoms with Crippen molar-refractivity contribution in [1.29, 1.82) is 0 Å². The zero-order valence-electron chi connectivity index (χ0n) is 15.1.